The lowest BCUT2D eigenvalue weighted by atomic mass is 10.1. The molecule has 0 saturated carbocycles. The Morgan fingerprint density at radius 2 is 1.55 bits per heavy atom. The maximum absolute atomic E-state index is 11.7. The first kappa shape index (κ1) is 10.4. The molecule has 0 nitrogen and oxygen atoms in total. The quantitative estimate of drug-likeness (QED) is 0.547. The molecule has 2 heteroatoms. The van der Waals surface area contributed by atoms with Gasteiger partial charge in [-0.15, -0.1) is 0 Å². The minimum Gasteiger partial charge on any atom is -0.164 e. The molecule has 0 aliphatic rings. The number of rotatable bonds is 4. The molecule has 0 aromatic rings. The van der Waals surface area contributed by atoms with Gasteiger partial charge >= 0.3 is 6.08 Å². The van der Waals surface area contributed by atoms with Gasteiger partial charge in [-0.1, -0.05) is 32.4 Å². The van der Waals surface area contributed by atoms with Gasteiger partial charge in [-0.25, -0.2) is 0 Å². The summed E-state index contributed by atoms with van der Waals surface area (Å²) in [4.78, 5) is 0. The lowest BCUT2D eigenvalue weighted by Gasteiger charge is -1.97. The third kappa shape index (κ3) is 5.81. The van der Waals surface area contributed by atoms with Crippen LogP contribution in [-0.4, -0.2) is 0 Å². The van der Waals surface area contributed by atoms with E-state index >= 15 is 0 Å². The van der Waals surface area contributed by atoms with E-state index in [1.54, 1.807) is 0 Å². The molecule has 0 bridgehead atoms. The molecule has 0 spiro atoms. The van der Waals surface area contributed by atoms with Crippen molar-refractivity contribution in [2.24, 2.45) is 0 Å². The zero-order valence-electron chi connectivity index (χ0n) is 7.08. The monoisotopic (exact) mass is 160 g/mol. The Morgan fingerprint density at radius 1 is 1.09 bits per heavy atom. The van der Waals surface area contributed by atoms with Crippen molar-refractivity contribution in [3.05, 3.63) is 17.4 Å². The Morgan fingerprint density at radius 3 is 1.82 bits per heavy atom. The molecule has 0 amide bonds. The fraction of sp³-hybridized carbons (Fsp3) is 0.667. The summed E-state index contributed by atoms with van der Waals surface area (Å²) in [7, 11) is 0. The van der Waals surface area contributed by atoms with Gasteiger partial charge in [-0.05, 0) is 18.4 Å². The lowest BCUT2D eigenvalue weighted by Crippen LogP contribution is -1.80. The van der Waals surface area contributed by atoms with Crippen molar-refractivity contribution < 1.29 is 8.78 Å². The second kappa shape index (κ2) is 6.11. The number of allylic oxidation sites excluding steroid dienone is 1. The molecule has 0 fully saturated rings. The molecule has 0 N–H and O–H groups in total. The summed E-state index contributed by atoms with van der Waals surface area (Å²) in [5, 5.41) is 0. The van der Waals surface area contributed by atoms with Crippen LogP contribution in [0.4, 0.5) is 8.78 Å². The Labute approximate surface area is 66.6 Å². The van der Waals surface area contributed by atoms with E-state index in [2.05, 4.69) is 5.73 Å². The Kier molecular flexibility index (Phi) is 5.77. The fourth-order valence-electron chi connectivity index (χ4n) is 0.987. The number of hydrogen-bond donors (Lipinski definition) is 0. The van der Waals surface area contributed by atoms with Crippen LogP contribution in [-0.2, 0) is 0 Å². The molecule has 0 radical (unpaired) electrons. The normalized spacial score (nSPS) is 9.09. The number of hydrogen-bond acceptors (Lipinski definition) is 0. The molecule has 0 atom stereocenters. The summed E-state index contributed by atoms with van der Waals surface area (Å²) in [5.74, 6) is 0. The van der Waals surface area contributed by atoms with Gasteiger partial charge in [0.15, 0.2) is 0 Å². The highest BCUT2D eigenvalue weighted by Gasteiger charge is 1.94. The highest BCUT2D eigenvalue weighted by atomic mass is 19.3. The van der Waals surface area contributed by atoms with Crippen molar-refractivity contribution in [2.75, 3.05) is 0 Å². The first-order valence-corrected chi connectivity index (χ1v) is 4.00. The SMILES string of the molecule is CCCC(=C=C(F)F)CCC. The standard InChI is InChI=1S/C9H14F2/c1-3-5-8(6-4-2)7-9(10)11/h3-6H2,1-2H3. The van der Waals surface area contributed by atoms with E-state index in [4.69, 9.17) is 0 Å². The van der Waals surface area contributed by atoms with Gasteiger partial charge in [0.1, 0.15) is 0 Å². The van der Waals surface area contributed by atoms with Crippen LogP contribution in [0.2, 0.25) is 0 Å². The maximum atomic E-state index is 11.7. The van der Waals surface area contributed by atoms with E-state index in [1.807, 2.05) is 13.8 Å². The predicted molar refractivity (Wildman–Crippen MR) is 42.6 cm³/mol. The van der Waals surface area contributed by atoms with Gasteiger partial charge in [-0.3, -0.25) is 0 Å². The minimum absolute atomic E-state index is 0.741. The van der Waals surface area contributed by atoms with Crippen molar-refractivity contribution in [3.63, 3.8) is 0 Å². The molecule has 0 aliphatic heterocycles. The van der Waals surface area contributed by atoms with E-state index in [0.717, 1.165) is 31.3 Å². The molecular weight excluding hydrogens is 146 g/mol. The van der Waals surface area contributed by atoms with Gasteiger partial charge in [0.2, 0.25) is 0 Å². The average molecular weight is 160 g/mol. The topological polar surface area (TPSA) is 0 Å². The van der Waals surface area contributed by atoms with Gasteiger partial charge in [0, 0.05) is 0 Å². The third-order valence-electron chi connectivity index (χ3n) is 1.37. The van der Waals surface area contributed by atoms with Crippen LogP contribution in [0, 0.1) is 0 Å². The predicted octanol–water partition coefficient (Wildman–Crippen LogP) is 3.89. The van der Waals surface area contributed by atoms with E-state index in [0.29, 0.717) is 0 Å². The van der Waals surface area contributed by atoms with Crippen LogP contribution in [0.5, 0.6) is 0 Å². The summed E-state index contributed by atoms with van der Waals surface area (Å²) in [6.07, 6.45) is 1.61. The highest BCUT2D eigenvalue weighted by Crippen LogP contribution is 2.11. The van der Waals surface area contributed by atoms with Gasteiger partial charge < -0.3 is 0 Å². The molecular formula is C9H14F2. The van der Waals surface area contributed by atoms with E-state index in [1.165, 1.54) is 0 Å². The van der Waals surface area contributed by atoms with Crippen LogP contribution < -0.4 is 0 Å². The van der Waals surface area contributed by atoms with E-state index in [9.17, 15) is 8.78 Å². The molecule has 0 heterocycles. The van der Waals surface area contributed by atoms with Crippen LogP contribution >= 0.6 is 0 Å². The summed E-state index contributed by atoms with van der Waals surface area (Å²) in [5.41, 5.74) is 2.83. The first-order valence-electron chi connectivity index (χ1n) is 4.00. The summed E-state index contributed by atoms with van der Waals surface area (Å²) < 4.78 is 23.4. The molecule has 0 rings (SSSR count). The van der Waals surface area contributed by atoms with E-state index in [-0.39, 0.29) is 0 Å². The highest BCUT2D eigenvalue weighted by molar-refractivity contribution is 5.01. The average Bonchev–Trinajstić information content (AvgIpc) is 1.87. The largest absolute Gasteiger partial charge is 0.313 e. The molecule has 0 saturated heterocycles. The maximum Gasteiger partial charge on any atom is 0.313 e. The van der Waals surface area contributed by atoms with Gasteiger partial charge in [0.25, 0.3) is 0 Å². The van der Waals surface area contributed by atoms with Crippen LogP contribution in [0.25, 0.3) is 0 Å². The molecule has 0 aromatic heterocycles. The van der Waals surface area contributed by atoms with Gasteiger partial charge in [0.05, 0.1) is 0 Å². The van der Waals surface area contributed by atoms with Crippen molar-refractivity contribution in [1.29, 1.82) is 0 Å². The second-order valence-corrected chi connectivity index (χ2v) is 2.49. The zero-order chi connectivity index (χ0) is 8.69. The smallest absolute Gasteiger partial charge is 0.164 e. The summed E-state index contributed by atoms with van der Waals surface area (Å²) in [6.45, 7) is 3.96. The molecule has 0 aliphatic carbocycles. The fourth-order valence-corrected chi connectivity index (χ4v) is 0.987. The molecule has 11 heavy (non-hydrogen) atoms. The molecule has 64 valence electrons. The van der Waals surface area contributed by atoms with E-state index < -0.39 is 6.08 Å². The lowest BCUT2D eigenvalue weighted by molar-refractivity contribution is 0.423. The van der Waals surface area contributed by atoms with Crippen molar-refractivity contribution in [2.45, 2.75) is 39.5 Å². The zero-order valence-corrected chi connectivity index (χ0v) is 7.08. The third-order valence-corrected chi connectivity index (χ3v) is 1.37. The van der Waals surface area contributed by atoms with Gasteiger partial charge in [-0.2, -0.15) is 8.78 Å². The Bertz CT molecular complexity index is 152. The molecule has 0 unspecified atom stereocenters. The van der Waals surface area contributed by atoms with Crippen molar-refractivity contribution >= 4 is 0 Å². The van der Waals surface area contributed by atoms with Crippen LogP contribution in [0.15, 0.2) is 17.4 Å². The summed E-state index contributed by atoms with van der Waals surface area (Å²) in [6, 6.07) is 0. The number of halogens is 2. The Hall–Kier alpha value is -0.620. The first-order chi connectivity index (χ1) is 5.20. The van der Waals surface area contributed by atoms with Crippen LogP contribution in [0.1, 0.15) is 39.5 Å². The summed E-state index contributed by atoms with van der Waals surface area (Å²) >= 11 is 0. The van der Waals surface area contributed by atoms with Crippen molar-refractivity contribution in [1.82, 2.24) is 0 Å². The minimum atomic E-state index is -1.69. The van der Waals surface area contributed by atoms with Crippen molar-refractivity contribution in [3.8, 4) is 0 Å². The Balaban J connectivity index is 4.20. The second-order valence-electron chi connectivity index (χ2n) is 2.49. The van der Waals surface area contributed by atoms with Crippen LogP contribution in [0.3, 0.4) is 0 Å². The molecule has 0 aromatic carbocycles.